The molecule has 0 fully saturated rings. The third kappa shape index (κ3) is 6.53. The van der Waals surface area contributed by atoms with Crippen LogP contribution in [0.1, 0.15) is 61.3 Å². The zero-order valence-corrected chi connectivity index (χ0v) is 11.4. The molecule has 1 atom stereocenters. The van der Waals surface area contributed by atoms with Gasteiger partial charge in [-0.25, -0.2) is 0 Å². The number of rotatable bonds is 4. The van der Waals surface area contributed by atoms with E-state index in [9.17, 15) is 4.79 Å². The lowest BCUT2D eigenvalue weighted by Gasteiger charge is -2.29. The molecular weight excluding hydrogens is 186 g/mol. The molecule has 2 heteroatoms. The third-order valence-electron chi connectivity index (χ3n) is 2.71. The molecular formula is C13H27NO. The standard InChI is InChI=1S/C13H27NO/c1-8-13(6,7)14-11(15)10(2)9-12(3,4)5/h10H,8-9H2,1-7H3,(H,14,15). The van der Waals surface area contributed by atoms with Gasteiger partial charge in [0.15, 0.2) is 0 Å². The molecule has 0 aromatic heterocycles. The van der Waals surface area contributed by atoms with Crippen molar-refractivity contribution in [2.45, 2.75) is 66.8 Å². The Morgan fingerprint density at radius 2 is 1.67 bits per heavy atom. The molecule has 0 heterocycles. The van der Waals surface area contributed by atoms with Gasteiger partial charge in [-0.2, -0.15) is 0 Å². The fourth-order valence-corrected chi connectivity index (χ4v) is 1.56. The van der Waals surface area contributed by atoms with Gasteiger partial charge < -0.3 is 5.32 Å². The summed E-state index contributed by atoms with van der Waals surface area (Å²) in [6.45, 7) is 14.7. The fraction of sp³-hybridized carbons (Fsp3) is 0.923. The number of amides is 1. The highest BCUT2D eigenvalue weighted by atomic mass is 16.2. The molecule has 0 aliphatic heterocycles. The Hall–Kier alpha value is -0.530. The molecule has 0 aliphatic carbocycles. The van der Waals surface area contributed by atoms with Crippen molar-refractivity contribution in [2.24, 2.45) is 11.3 Å². The summed E-state index contributed by atoms with van der Waals surface area (Å²) in [5.41, 5.74) is 0.135. The molecule has 0 bridgehead atoms. The Labute approximate surface area is 94.8 Å². The first kappa shape index (κ1) is 14.5. The lowest BCUT2D eigenvalue weighted by molar-refractivity contribution is -0.127. The maximum atomic E-state index is 11.9. The van der Waals surface area contributed by atoms with Crippen LogP contribution in [-0.4, -0.2) is 11.4 Å². The van der Waals surface area contributed by atoms with Crippen LogP contribution in [-0.2, 0) is 4.79 Å². The van der Waals surface area contributed by atoms with Crippen molar-refractivity contribution >= 4 is 5.91 Å². The molecule has 0 saturated carbocycles. The Morgan fingerprint density at radius 1 is 1.20 bits per heavy atom. The molecule has 0 rings (SSSR count). The Balaban J connectivity index is 4.23. The molecule has 2 nitrogen and oxygen atoms in total. The first-order valence-corrected chi connectivity index (χ1v) is 5.89. The van der Waals surface area contributed by atoms with Crippen LogP contribution in [0.4, 0.5) is 0 Å². The Bertz CT molecular complexity index is 213. The van der Waals surface area contributed by atoms with Gasteiger partial charge >= 0.3 is 0 Å². The van der Waals surface area contributed by atoms with Crippen LogP contribution in [0, 0.1) is 11.3 Å². The minimum absolute atomic E-state index is 0.0801. The van der Waals surface area contributed by atoms with E-state index < -0.39 is 0 Å². The second-order valence-electron chi connectivity index (χ2n) is 6.39. The monoisotopic (exact) mass is 213 g/mol. The zero-order valence-electron chi connectivity index (χ0n) is 11.4. The van der Waals surface area contributed by atoms with Gasteiger partial charge in [-0.1, -0.05) is 34.6 Å². The van der Waals surface area contributed by atoms with E-state index in [0.717, 1.165) is 12.8 Å². The second-order valence-corrected chi connectivity index (χ2v) is 6.39. The highest BCUT2D eigenvalue weighted by Gasteiger charge is 2.25. The molecule has 1 amide bonds. The van der Waals surface area contributed by atoms with Crippen molar-refractivity contribution in [2.75, 3.05) is 0 Å². The molecule has 1 N–H and O–H groups in total. The van der Waals surface area contributed by atoms with E-state index in [1.54, 1.807) is 0 Å². The van der Waals surface area contributed by atoms with E-state index in [1.165, 1.54) is 0 Å². The average Bonchev–Trinajstić information content (AvgIpc) is 2.00. The summed E-state index contributed by atoms with van der Waals surface area (Å²) in [6.07, 6.45) is 1.89. The molecule has 0 aromatic carbocycles. The van der Waals surface area contributed by atoms with Crippen LogP contribution < -0.4 is 5.32 Å². The van der Waals surface area contributed by atoms with Crippen LogP contribution in [0.15, 0.2) is 0 Å². The highest BCUT2D eigenvalue weighted by Crippen LogP contribution is 2.24. The van der Waals surface area contributed by atoms with Gasteiger partial charge in [0.25, 0.3) is 0 Å². The van der Waals surface area contributed by atoms with Crippen molar-refractivity contribution in [3.63, 3.8) is 0 Å². The van der Waals surface area contributed by atoms with Crippen molar-refractivity contribution < 1.29 is 4.79 Å². The van der Waals surface area contributed by atoms with Crippen LogP contribution in [0.3, 0.4) is 0 Å². The van der Waals surface area contributed by atoms with Crippen LogP contribution in [0.2, 0.25) is 0 Å². The Morgan fingerprint density at radius 3 is 2.00 bits per heavy atom. The molecule has 0 aliphatic rings. The quantitative estimate of drug-likeness (QED) is 0.762. The normalized spacial score (nSPS) is 14.9. The Kier molecular flexibility index (Phi) is 4.82. The van der Waals surface area contributed by atoms with E-state index in [2.05, 4.69) is 46.9 Å². The number of hydrogen-bond donors (Lipinski definition) is 1. The van der Waals surface area contributed by atoms with Crippen molar-refractivity contribution in [3.05, 3.63) is 0 Å². The number of hydrogen-bond acceptors (Lipinski definition) is 1. The van der Waals surface area contributed by atoms with Crippen molar-refractivity contribution in [1.29, 1.82) is 0 Å². The summed E-state index contributed by atoms with van der Waals surface area (Å²) in [5, 5.41) is 3.09. The molecule has 1 unspecified atom stereocenters. The first-order valence-electron chi connectivity index (χ1n) is 5.89. The van der Waals surface area contributed by atoms with E-state index in [1.807, 2.05) is 6.92 Å². The van der Waals surface area contributed by atoms with E-state index in [-0.39, 0.29) is 22.8 Å². The molecule has 0 aromatic rings. The van der Waals surface area contributed by atoms with E-state index in [0.29, 0.717) is 0 Å². The van der Waals surface area contributed by atoms with Gasteiger partial charge in [-0.15, -0.1) is 0 Å². The molecule has 0 saturated heterocycles. The van der Waals surface area contributed by atoms with Gasteiger partial charge in [0.2, 0.25) is 5.91 Å². The summed E-state index contributed by atoms with van der Waals surface area (Å²) in [5.74, 6) is 0.271. The first-order chi connectivity index (χ1) is 6.57. The van der Waals surface area contributed by atoms with Crippen molar-refractivity contribution in [1.82, 2.24) is 5.32 Å². The lowest BCUT2D eigenvalue weighted by Crippen LogP contribution is -2.45. The van der Waals surface area contributed by atoms with Crippen LogP contribution in [0.5, 0.6) is 0 Å². The highest BCUT2D eigenvalue weighted by molar-refractivity contribution is 5.79. The smallest absolute Gasteiger partial charge is 0.223 e. The summed E-state index contributed by atoms with van der Waals surface area (Å²) >= 11 is 0. The average molecular weight is 213 g/mol. The van der Waals surface area contributed by atoms with Gasteiger partial charge in [0, 0.05) is 11.5 Å². The van der Waals surface area contributed by atoms with Crippen LogP contribution >= 0.6 is 0 Å². The van der Waals surface area contributed by atoms with Crippen LogP contribution in [0.25, 0.3) is 0 Å². The largest absolute Gasteiger partial charge is 0.351 e. The summed E-state index contributed by atoms with van der Waals surface area (Å²) in [6, 6.07) is 0. The van der Waals surface area contributed by atoms with Gasteiger partial charge in [0.1, 0.15) is 0 Å². The predicted octanol–water partition coefficient (Wildman–Crippen LogP) is 3.36. The minimum atomic E-state index is -0.0801. The SMILES string of the molecule is CCC(C)(C)NC(=O)C(C)CC(C)(C)C. The summed E-state index contributed by atoms with van der Waals surface area (Å²) < 4.78 is 0. The zero-order chi connectivity index (χ0) is 12.3. The summed E-state index contributed by atoms with van der Waals surface area (Å²) in [7, 11) is 0. The maximum absolute atomic E-state index is 11.9. The van der Waals surface area contributed by atoms with E-state index in [4.69, 9.17) is 0 Å². The molecule has 0 radical (unpaired) electrons. The van der Waals surface area contributed by atoms with Gasteiger partial charge in [-0.3, -0.25) is 4.79 Å². The minimum Gasteiger partial charge on any atom is -0.351 e. The van der Waals surface area contributed by atoms with Gasteiger partial charge in [-0.05, 0) is 32.1 Å². The number of nitrogens with one attached hydrogen (secondary N) is 1. The molecule has 90 valence electrons. The van der Waals surface area contributed by atoms with Crippen molar-refractivity contribution in [3.8, 4) is 0 Å². The van der Waals surface area contributed by atoms with Gasteiger partial charge in [0.05, 0.1) is 0 Å². The molecule has 15 heavy (non-hydrogen) atoms. The summed E-state index contributed by atoms with van der Waals surface area (Å²) in [4.78, 5) is 11.9. The fourth-order valence-electron chi connectivity index (χ4n) is 1.56. The topological polar surface area (TPSA) is 29.1 Å². The number of carbonyl (C=O) groups is 1. The second kappa shape index (κ2) is 5.00. The predicted molar refractivity (Wildman–Crippen MR) is 65.7 cm³/mol. The molecule has 0 spiro atoms. The van der Waals surface area contributed by atoms with E-state index >= 15 is 0 Å². The maximum Gasteiger partial charge on any atom is 0.223 e. The lowest BCUT2D eigenvalue weighted by atomic mass is 9.84. The third-order valence-corrected chi connectivity index (χ3v) is 2.71. The number of carbonyl (C=O) groups excluding carboxylic acids is 1.